The molecule has 0 fully saturated rings. The topological polar surface area (TPSA) is 57.6 Å². The van der Waals surface area contributed by atoms with Crippen molar-refractivity contribution in [3.8, 4) is 0 Å². The molecule has 0 radical (unpaired) electrons. The van der Waals surface area contributed by atoms with Gasteiger partial charge in [-0.15, -0.1) is 0 Å². The summed E-state index contributed by atoms with van der Waals surface area (Å²) in [5, 5.41) is 8.42. The van der Waals surface area contributed by atoms with Gasteiger partial charge in [0.2, 0.25) is 6.41 Å². The molecule has 0 spiro atoms. The van der Waals surface area contributed by atoms with Crippen LogP contribution in [0, 0.1) is 0 Å². The summed E-state index contributed by atoms with van der Waals surface area (Å²) >= 11 is 0. The Labute approximate surface area is 71.5 Å². The molecular weight excluding hydrogens is 158 g/mol. The average Bonchev–Trinajstić information content (AvgIpc) is 2.03. The first kappa shape index (κ1) is 10.7. The maximum atomic E-state index is 10.3. The number of carbonyl (C=O) groups is 2. The van der Waals surface area contributed by atoms with Crippen LogP contribution in [0.1, 0.15) is 12.8 Å². The molecule has 0 heterocycles. The highest BCUT2D eigenvalue weighted by Gasteiger charge is 2.03. The zero-order chi connectivity index (χ0) is 9.56. The maximum absolute atomic E-state index is 10.3. The molecule has 0 aliphatic rings. The smallest absolute Gasteiger partial charge is 0.330 e. The molecule has 0 aromatic rings. The minimum atomic E-state index is -0.969. The number of carboxylic acid groups (broad SMARTS) is 1. The molecule has 0 aromatic heterocycles. The third-order valence-electron chi connectivity index (χ3n) is 1.47. The molecule has 68 valence electrons. The molecule has 0 aliphatic carbocycles. The second-order valence-electron chi connectivity index (χ2n) is 2.60. The molecule has 4 heteroatoms. The fourth-order valence-electron chi connectivity index (χ4n) is 0.701. The lowest BCUT2D eigenvalue weighted by molar-refractivity contribution is -0.132. The first-order valence-electron chi connectivity index (χ1n) is 3.64. The van der Waals surface area contributed by atoms with E-state index in [2.05, 4.69) is 6.58 Å². The van der Waals surface area contributed by atoms with Crippen LogP contribution in [0.2, 0.25) is 0 Å². The van der Waals surface area contributed by atoms with Gasteiger partial charge >= 0.3 is 5.97 Å². The molecule has 0 unspecified atom stereocenters. The van der Waals surface area contributed by atoms with Crippen LogP contribution in [0.4, 0.5) is 0 Å². The number of amides is 1. The van der Waals surface area contributed by atoms with E-state index in [4.69, 9.17) is 5.11 Å². The number of carboxylic acids is 1. The van der Waals surface area contributed by atoms with Crippen molar-refractivity contribution >= 4 is 12.4 Å². The van der Waals surface area contributed by atoms with Crippen LogP contribution in [0.25, 0.3) is 0 Å². The second-order valence-corrected chi connectivity index (χ2v) is 2.60. The number of carbonyl (C=O) groups excluding carboxylic acids is 1. The summed E-state index contributed by atoms with van der Waals surface area (Å²) < 4.78 is 0. The zero-order valence-corrected chi connectivity index (χ0v) is 7.12. The molecule has 1 amide bonds. The van der Waals surface area contributed by atoms with E-state index in [0.29, 0.717) is 25.8 Å². The molecule has 0 atom stereocenters. The lowest BCUT2D eigenvalue weighted by atomic mass is 10.1. The van der Waals surface area contributed by atoms with E-state index < -0.39 is 5.97 Å². The molecule has 12 heavy (non-hydrogen) atoms. The summed E-state index contributed by atoms with van der Waals surface area (Å²) in [4.78, 5) is 21.8. The van der Waals surface area contributed by atoms with Crippen molar-refractivity contribution in [1.29, 1.82) is 0 Å². The highest BCUT2D eigenvalue weighted by Crippen LogP contribution is 2.02. The molecule has 0 aliphatic heterocycles. The molecule has 0 saturated carbocycles. The van der Waals surface area contributed by atoms with E-state index >= 15 is 0 Å². The van der Waals surface area contributed by atoms with E-state index in [0.717, 1.165) is 0 Å². The SMILES string of the molecule is C=C(CCCN(C)C=O)C(=O)O. The summed E-state index contributed by atoms with van der Waals surface area (Å²) in [5.74, 6) is -0.969. The van der Waals surface area contributed by atoms with Gasteiger partial charge in [-0.25, -0.2) is 4.79 Å². The van der Waals surface area contributed by atoms with Gasteiger partial charge in [0.15, 0.2) is 0 Å². The van der Waals surface area contributed by atoms with Gasteiger partial charge in [0.1, 0.15) is 0 Å². The van der Waals surface area contributed by atoms with Crippen LogP contribution in [0.3, 0.4) is 0 Å². The Morgan fingerprint density at radius 2 is 2.25 bits per heavy atom. The maximum Gasteiger partial charge on any atom is 0.330 e. The monoisotopic (exact) mass is 171 g/mol. The zero-order valence-electron chi connectivity index (χ0n) is 7.12. The van der Waals surface area contributed by atoms with Crippen LogP contribution >= 0.6 is 0 Å². The molecular formula is C8H13NO3. The van der Waals surface area contributed by atoms with Crippen LogP contribution in [0.5, 0.6) is 0 Å². The van der Waals surface area contributed by atoms with Gasteiger partial charge in [0.25, 0.3) is 0 Å². The summed E-state index contributed by atoms with van der Waals surface area (Å²) in [7, 11) is 1.65. The number of hydrogen-bond donors (Lipinski definition) is 1. The minimum absolute atomic E-state index is 0.189. The Morgan fingerprint density at radius 3 is 2.67 bits per heavy atom. The van der Waals surface area contributed by atoms with Gasteiger partial charge in [0, 0.05) is 19.2 Å². The number of hydrogen-bond acceptors (Lipinski definition) is 2. The van der Waals surface area contributed by atoms with Crippen LogP contribution in [0.15, 0.2) is 12.2 Å². The molecule has 0 bridgehead atoms. The standard InChI is InChI=1S/C8H13NO3/c1-7(8(11)12)4-3-5-9(2)6-10/h6H,1,3-5H2,2H3,(H,11,12). The molecule has 1 N–H and O–H groups in total. The Bertz CT molecular complexity index is 189. The van der Waals surface area contributed by atoms with Crippen molar-refractivity contribution in [2.24, 2.45) is 0 Å². The molecule has 0 aromatic carbocycles. The first-order chi connectivity index (χ1) is 5.57. The van der Waals surface area contributed by atoms with Crippen molar-refractivity contribution in [3.05, 3.63) is 12.2 Å². The molecule has 4 nitrogen and oxygen atoms in total. The van der Waals surface area contributed by atoms with Crippen molar-refractivity contribution in [2.45, 2.75) is 12.8 Å². The van der Waals surface area contributed by atoms with Crippen molar-refractivity contribution in [3.63, 3.8) is 0 Å². The average molecular weight is 171 g/mol. The molecule has 0 saturated heterocycles. The van der Waals surface area contributed by atoms with E-state index in [-0.39, 0.29) is 5.57 Å². The normalized spacial score (nSPS) is 9.08. The number of nitrogens with zero attached hydrogens (tertiary/aromatic N) is 1. The van der Waals surface area contributed by atoms with Crippen LogP contribution < -0.4 is 0 Å². The van der Waals surface area contributed by atoms with Crippen molar-refractivity contribution in [1.82, 2.24) is 4.90 Å². The van der Waals surface area contributed by atoms with Gasteiger partial charge in [-0.1, -0.05) is 6.58 Å². The lowest BCUT2D eigenvalue weighted by Gasteiger charge is -2.09. The predicted molar refractivity (Wildman–Crippen MR) is 44.7 cm³/mol. The summed E-state index contributed by atoms with van der Waals surface area (Å²) in [6.07, 6.45) is 1.78. The van der Waals surface area contributed by atoms with Crippen molar-refractivity contribution < 1.29 is 14.7 Å². The summed E-state index contributed by atoms with van der Waals surface area (Å²) in [6.45, 7) is 3.94. The quantitative estimate of drug-likeness (QED) is 0.467. The Balaban J connectivity index is 3.50. The first-order valence-corrected chi connectivity index (χ1v) is 3.64. The van der Waals surface area contributed by atoms with Gasteiger partial charge in [-0.05, 0) is 12.8 Å². The molecule has 0 rings (SSSR count). The fraction of sp³-hybridized carbons (Fsp3) is 0.500. The van der Waals surface area contributed by atoms with Crippen molar-refractivity contribution in [2.75, 3.05) is 13.6 Å². The van der Waals surface area contributed by atoms with Crippen LogP contribution in [-0.4, -0.2) is 36.0 Å². The summed E-state index contributed by atoms with van der Waals surface area (Å²) in [6, 6.07) is 0. The van der Waals surface area contributed by atoms with E-state index in [1.54, 1.807) is 7.05 Å². The summed E-state index contributed by atoms with van der Waals surface area (Å²) in [5.41, 5.74) is 0.189. The van der Waals surface area contributed by atoms with Crippen LogP contribution in [-0.2, 0) is 9.59 Å². The third-order valence-corrected chi connectivity index (χ3v) is 1.47. The highest BCUT2D eigenvalue weighted by atomic mass is 16.4. The number of aliphatic carboxylic acids is 1. The Morgan fingerprint density at radius 1 is 1.67 bits per heavy atom. The fourth-order valence-corrected chi connectivity index (χ4v) is 0.701. The highest BCUT2D eigenvalue weighted by molar-refractivity contribution is 5.85. The number of rotatable bonds is 6. The third kappa shape index (κ3) is 4.49. The lowest BCUT2D eigenvalue weighted by Crippen LogP contribution is -2.17. The van der Waals surface area contributed by atoms with E-state index in [1.807, 2.05) is 0 Å². The van der Waals surface area contributed by atoms with E-state index in [9.17, 15) is 9.59 Å². The largest absolute Gasteiger partial charge is 0.478 e. The minimum Gasteiger partial charge on any atom is -0.478 e. The van der Waals surface area contributed by atoms with Gasteiger partial charge in [0.05, 0.1) is 0 Å². The van der Waals surface area contributed by atoms with E-state index in [1.165, 1.54) is 4.90 Å². The Hall–Kier alpha value is -1.32. The van der Waals surface area contributed by atoms with Gasteiger partial charge in [-0.2, -0.15) is 0 Å². The van der Waals surface area contributed by atoms with Gasteiger partial charge < -0.3 is 10.0 Å². The predicted octanol–water partition coefficient (Wildman–Crippen LogP) is 0.496. The second kappa shape index (κ2) is 5.35. The Kier molecular flexibility index (Phi) is 4.76. The van der Waals surface area contributed by atoms with Gasteiger partial charge in [-0.3, -0.25) is 4.79 Å².